The van der Waals surface area contributed by atoms with Crippen LogP contribution in [-0.4, -0.2) is 23.0 Å². The Labute approximate surface area is 140 Å². The summed E-state index contributed by atoms with van der Waals surface area (Å²) < 4.78 is 51.8. The maximum absolute atomic E-state index is 13.0. The van der Waals surface area contributed by atoms with Gasteiger partial charge < -0.3 is 10.4 Å². The third-order valence-corrected chi connectivity index (χ3v) is 3.46. The number of benzene rings is 2. The van der Waals surface area contributed by atoms with E-state index in [9.17, 15) is 32.3 Å². The molecule has 1 amide bonds. The summed E-state index contributed by atoms with van der Waals surface area (Å²) in [6, 6.07) is 7.30. The fraction of sp³-hybridized carbons (Fsp3) is 0.176. The van der Waals surface area contributed by atoms with E-state index >= 15 is 0 Å². The summed E-state index contributed by atoms with van der Waals surface area (Å²) in [5.41, 5.74) is -1.21. The number of amides is 1. The molecule has 4 nitrogen and oxygen atoms in total. The lowest BCUT2D eigenvalue weighted by Gasteiger charge is -2.18. The zero-order chi connectivity index (χ0) is 18.6. The molecule has 2 aromatic rings. The molecule has 132 valence electrons. The van der Waals surface area contributed by atoms with E-state index in [1.54, 1.807) is 0 Å². The second kappa shape index (κ2) is 7.33. The van der Waals surface area contributed by atoms with Gasteiger partial charge in [0.15, 0.2) is 0 Å². The molecule has 0 fully saturated rings. The molecule has 0 aliphatic carbocycles. The predicted octanol–water partition coefficient (Wildman–Crippen LogP) is 3.27. The van der Waals surface area contributed by atoms with Gasteiger partial charge in [0.1, 0.15) is 11.9 Å². The Bertz CT molecular complexity index is 772. The van der Waals surface area contributed by atoms with Gasteiger partial charge in [-0.2, -0.15) is 13.2 Å². The Morgan fingerprint density at radius 3 is 2.20 bits per heavy atom. The van der Waals surface area contributed by atoms with Crippen LogP contribution in [0, 0.1) is 5.82 Å². The Balaban J connectivity index is 2.21. The Morgan fingerprint density at radius 1 is 1.04 bits per heavy atom. The lowest BCUT2D eigenvalue weighted by molar-refractivity contribution is -0.141. The van der Waals surface area contributed by atoms with Crippen LogP contribution in [0.1, 0.15) is 21.5 Å². The number of carbonyl (C=O) groups excluding carboxylic acids is 1. The van der Waals surface area contributed by atoms with Crippen LogP contribution in [0.5, 0.6) is 0 Å². The van der Waals surface area contributed by atoms with Gasteiger partial charge in [0.25, 0.3) is 5.91 Å². The zero-order valence-electron chi connectivity index (χ0n) is 12.7. The van der Waals surface area contributed by atoms with Gasteiger partial charge in [-0.15, -0.1) is 0 Å². The van der Waals surface area contributed by atoms with E-state index in [4.69, 9.17) is 0 Å². The molecular formula is C17H13F4NO3. The molecule has 25 heavy (non-hydrogen) atoms. The van der Waals surface area contributed by atoms with E-state index in [2.05, 4.69) is 5.32 Å². The van der Waals surface area contributed by atoms with Crippen LogP contribution in [0.25, 0.3) is 0 Å². The number of rotatable bonds is 5. The third-order valence-electron chi connectivity index (χ3n) is 3.46. The molecule has 0 radical (unpaired) electrons. The highest BCUT2D eigenvalue weighted by molar-refractivity contribution is 5.96. The van der Waals surface area contributed by atoms with Crippen LogP contribution in [0.15, 0.2) is 48.5 Å². The number of alkyl halides is 3. The van der Waals surface area contributed by atoms with Crippen molar-refractivity contribution in [1.29, 1.82) is 0 Å². The summed E-state index contributed by atoms with van der Waals surface area (Å²) in [7, 11) is 0. The van der Waals surface area contributed by atoms with Crippen molar-refractivity contribution in [2.45, 2.75) is 18.6 Å². The minimum Gasteiger partial charge on any atom is -0.480 e. The lowest BCUT2D eigenvalue weighted by atomic mass is 9.99. The van der Waals surface area contributed by atoms with E-state index in [0.717, 1.165) is 36.4 Å². The average molecular weight is 355 g/mol. The summed E-state index contributed by atoms with van der Waals surface area (Å²) in [5.74, 6) is -2.88. The van der Waals surface area contributed by atoms with Crippen molar-refractivity contribution in [2.75, 3.05) is 0 Å². The summed E-state index contributed by atoms with van der Waals surface area (Å²) in [4.78, 5) is 23.4. The van der Waals surface area contributed by atoms with Crippen molar-refractivity contribution in [3.63, 3.8) is 0 Å². The maximum Gasteiger partial charge on any atom is 0.416 e. The molecule has 2 rings (SSSR count). The van der Waals surface area contributed by atoms with Gasteiger partial charge in [0.05, 0.1) is 5.56 Å². The number of halogens is 4. The van der Waals surface area contributed by atoms with Crippen LogP contribution in [-0.2, 0) is 17.4 Å². The molecule has 0 aliphatic rings. The first-order valence-electron chi connectivity index (χ1n) is 7.13. The molecule has 8 heteroatoms. The van der Waals surface area contributed by atoms with Gasteiger partial charge >= 0.3 is 12.1 Å². The third kappa shape index (κ3) is 4.79. The first-order valence-corrected chi connectivity index (χ1v) is 7.13. The van der Waals surface area contributed by atoms with Crippen LogP contribution >= 0.6 is 0 Å². The second-order valence-corrected chi connectivity index (χ2v) is 5.23. The molecule has 0 bridgehead atoms. The molecule has 0 heterocycles. The minimum atomic E-state index is -4.64. The Morgan fingerprint density at radius 2 is 1.64 bits per heavy atom. The summed E-state index contributed by atoms with van der Waals surface area (Å²) >= 11 is 0. The van der Waals surface area contributed by atoms with Gasteiger partial charge in [-0.3, -0.25) is 4.79 Å². The molecule has 0 saturated heterocycles. The molecule has 2 N–H and O–H groups in total. The fourth-order valence-corrected chi connectivity index (χ4v) is 2.24. The van der Waals surface area contributed by atoms with Gasteiger partial charge in [-0.05, 0) is 35.9 Å². The van der Waals surface area contributed by atoms with Gasteiger partial charge in [0, 0.05) is 12.0 Å². The highest BCUT2D eigenvalue weighted by Gasteiger charge is 2.34. The van der Waals surface area contributed by atoms with Crippen LogP contribution in [0.2, 0.25) is 0 Å². The number of carboxylic acid groups (broad SMARTS) is 1. The monoisotopic (exact) mass is 355 g/mol. The van der Waals surface area contributed by atoms with E-state index in [1.807, 2.05) is 0 Å². The average Bonchev–Trinajstić information content (AvgIpc) is 2.54. The maximum atomic E-state index is 13.0. The van der Waals surface area contributed by atoms with Gasteiger partial charge in [-0.25, -0.2) is 9.18 Å². The number of carbonyl (C=O) groups is 2. The van der Waals surface area contributed by atoms with Crippen LogP contribution in [0.4, 0.5) is 17.6 Å². The van der Waals surface area contributed by atoms with Crippen molar-refractivity contribution in [3.05, 3.63) is 71.0 Å². The van der Waals surface area contributed by atoms with E-state index in [-0.39, 0.29) is 11.1 Å². The molecular weight excluding hydrogens is 342 g/mol. The van der Waals surface area contributed by atoms with E-state index in [0.29, 0.717) is 0 Å². The Kier molecular flexibility index (Phi) is 5.41. The SMILES string of the molecule is O=C(N[C@H](Cc1ccccc1C(F)(F)F)C(=O)O)c1ccc(F)cc1. The number of nitrogens with one attached hydrogen (secondary N) is 1. The van der Waals surface area contributed by atoms with Crippen LogP contribution < -0.4 is 5.32 Å². The summed E-state index contributed by atoms with van der Waals surface area (Å²) in [6.07, 6.45) is -5.18. The van der Waals surface area contributed by atoms with Gasteiger partial charge in [-0.1, -0.05) is 18.2 Å². The summed E-state index contributed by atoms with van der Waals surface area (Å²) in [5, 5.41) is 11.4. The highest BCUT2D eigenvalue weighted by atomic mass is 19.4. The number of hydrogen-bond donors (Lipinski definition) is 2. The number of hydrogen-bond acceptors (Lipinski definition) is 2. The Hall–Kier alpha value is -2.90. The molecule has 0 spiro atoms. The lowest BCUT2D eigenvalue weighted by Crippen LogP contribution is -2.42. The first-order chi connectivity index (χ1) is 11.7. The van der Waals surface area contributed by atoms with Gasteiger partial charge in [0.2, 0.25) is 0 Å². The minimum absolute atomic E-state index is 0.00300. The largest absolute Gasteiger partial charge is 0.480 e. The quantitative estimate of drug-likeness (QED) is 0.809. The molecule has 1 atom stereocenters. The van der Waals surface area contributed by atoms with Crippen molar-refractivity contribution in [2.24, 2.45) is 0 Å². The van der Waals surface area contributed by atoms with Crippen molar-refractivity contribution >= 4 is 11.9 Å². The van der Waals surface area contributed by atoms with Crippen molar-refractivity contribution < 1.29 is 32.3 Å². The normalized spacial score (nSPS) is 12.5. The van der Waals surface area contributed by atoms with E-state index < -0.39 is 41.9 Å². The second-order valence-electron chi connectivity index (χ2n) is 5.23. The summed E-state index contributed by atoms with van der Waals surface area (Å²) in [6.45, 7) is 0. The predicted molar refractivity (Wildman–Crippen MR) is 80.4 cm³/mol. The fourth-order valence-electron chi connectivity index (χ4n) is 2.24. The smallest absolute Gasteiger partial charge is 0.416 e. The first kappa shape index (κ1) is 18.4. The zero-order valence-corrected chi connectivity index (χ0v) is 12.7. The van der Waals surface area contributed by atoms with Crippen LogP contribution in [0.3, 0.4) is 0 Å². The number of carboxylic acids is 1. The van der Waals surface area contributed by atoms with E-state index in [1.165, 1.54) is 12.1 Å². The molecule has 0 saturated carbocycles. The molecule has 2 aromatic carbocycles. The molecule has 0 aromatic heterocycles. The topological polar surface area (TPSA) is 66.4 Å². The standard InChI is InChI=1S/C17H13F4NO3/c18-12-7-5-10(6-8-12)15(23)22-14(16(24)25)9-11-3-1-2-4-13(11)17(19,20)21/h1-8,14H,9H2,(H,22,23)(H,24,25)/t14-/m1/s1. The van der Waals surface area contributed by atoms with Crippen molar-refractivity contribution in [3.8, 4) is 0 Å². The molecule has 0 aliphatic heterocycles. The highest BCUT2D eigenvalue weighted by Crippen LogP contribution is 2.32. The number of aliphatic carboxylic acids is 1. The molecule has 0 unspecified atom stereocenters. The van der Waals surface area contributed by atoms with Crippen molar-refractivity contribution in [1.82, 2.24) is 5.32 Å².